The molecule has 248 valence electrons. The van der Waals surface area contributed by atoms with E-state index in [1.807, 2.05) is 43.3 Å². The number of hydrogen-bond acceptors (Lipinski definition) is 3. The van der Waals surface area contributed by atoms with Gasteiger partial charge in [0.05, 0.1) is 0 Å². The van der Waals surface area contributed by atoms with Gasteiger partial charge in [-0.3, -0.25) is 0 Å². The van der Waals surface area contributed by atoms with Crippen molar-refractivity contribution in [2.75, 3.05) is 0 Å². The van der Waals surface area contributed by atoms with Crippen molar-refractivity contribution in [3.05, 3.63) is 181 Å². The van der Waals surface area contributed by atoms with E-state index in [-0.39, 0.29) is 5.41 Å². The van der Waals surface area contributed by atoms with Crippen LogP contribution in [-0.4, -0.2) is 15.0 Å². The zero-order chi connectivity index (χ0) is 35.7. The number of nitrogens with zero attached hydrogens (tertiary/aromatic N) is 3. The molecule has 3 nitrogen and oxygen atoms in total. The van der Waals surface area contributed by atoms with Gasteiger partial charge in [-0.05, 0) is 99.0 Å². The van der Waals surface area contributed by atoms with Gasteiger partial charge in [0.15, 0.2) is 17.5 Å². The predicted molar refractivity (Wildman–Crippen MR) is 216 cm³/mol. The van der Waals surface area contributed by atoms with Crippen molar-refractivity contribution in [1.82, 2.24) is 15.0 Å². The molecule has 1 heterocycles. The maximum atomic E-state index is 5.48. The lowest BCUT2D eigenvalue weighted by Gasteiger charge is -2.22. The van der Waals surface area contributed by atoms with Crippen molar-refractivity contribution < 1.29 is 0 Å². The van der Waals surface area contributed by atoms with Crippen molar-refractivity contribution >= 4 is 5.57 Å². The molecule has 1 aliphatic rings. The Morgan fingerprint density at radius 2 is 1.04 bits per heavy atom. The highest BCUT2D eigenvalue weighted by atomic mass is 15.0. The Bertz CT molecular complexity index is 2530. The van der Waals surface area contributed by atoms with Gasteiger partial charge in [-0.15, -0.1) is 6.42 Å². The fourth-order valence-electron chi connectivity index (χ4n) is 7.26. The lowest BCUT2D eigenvalue weighted by molar-refractivity contribution is 0.660. The van der Waals surface area contributed by atoms with E-state index in [0.29, 0.717) is 17.5 Å². The van der Waals surface area contributed by atoms with Gasteiger partial charge in [0.2, 0.25) is 0 Å². The van der Waals surface area contributed by atoms with E-state index in [1.165, 1.54) is 22.3 Å². The Morgan fingerprint density at radius 1 is 0.519 bits per heavy atom. The third-order valence-electron chi connectivity index (χ3n) is 10.0. The molecule has 6 aromatic carbocycles. The summed E-state index contributed by atoms with van der Waals surface area (Å²) < 4.78 is 0. The van der Waals surface area contributed by atoms with Gasteiger partial charge in [0.1, 0.15) is 0 Å². The SMILES string of the molecule is C#C/C=C\C(=C/C)c1ccc(-c2nc(-c3ccccc3)nc(-c3cc(-c4ccccc4)cc(-c4ccc5c(c4)C(C)(C)c4ccccc4-5)c3)n2)cc1. The van der Waals surface area contributed by atoms with Crippen LogP contribution in [0.2, 0.25) is 0 Å². The van der Waals surface area contributed by atoms with E-state index in [4.69, 9.17) is 21.4 Å². The highest BCUT2D eigenvalue weighted by Crippen LogP contribution is 2.49. The minimum atomic E-state index is -0.101. The van der Waals surface area contributed by atoms with Gasteiger partial charge in [0, 0.05) is 22.1 Å². The second kappa shape index (κ2) is 13.6. The van der Waals surface area contributed by atoms with Crippen LogP contribution in [0.15, 0.2) is 164 Å². The molecule has 8 rings (SSSR count). The summed E-state index contributed by atoms with van der Waals surface area (Å²) in [6.45, 7) is 6.66. The van der Waals surface area contributed by atoms with Crippen LogP contribution < -0.4 is 0 Å². The molecule has 52 heavy (non-hydrogen) atoms. The zero-order valence-electron chi connectivity index (χ0n) is 29.5. The second-order valence-corrected chi connectivity index (χ2v) is 13.6. The van der Waals surface area contributed by atoms with Crippen LogP contribution in [0.5, 0.6) is 0 Å². The van der Waals surface area contributed by atoms with Crippen molar-refractivity contribution in [1.29, 1.82) is 0 Å². The number of aromatic nitrogens is 3. The van der Waals surface area contributed by atoms with E-state index in [1.54, 1.807) is 6.08 Å². The molecular weight excluding hydrogens is 631 g/mol. The minimum absolute atomic E-state index is 0.101. The number of rotatable bonds is 7. The first-order valence-electron chi connectivity index (χ1n) is 17.6. The molecule has 0 aliphatic heterocycles. The molecule has 1 aliphatic carbocycles. The summed E-state index contributed by atoms with van der Waals surface area (Å²) in [5.74, 6) is 4.44. The number of terminal acetylenes is 1. The van der Waals surface area contributed by atoms with Crippen LogP contribution >= 0.6 is 0 Å². The van der Waals surface area contributed by atoms with Gasteiger partial charge in [-0.1, -0.05) is 147 Å². The second-order valence-electron chi connectivity index (χ2n) is 13.6. The van der Waals surface area contributed by atoms with E-state index in [2.05, 4.69) is 141 Å². The summed E-state index contributed by atoms with van der Waals surface area (Å²) in [6.07, 6.45) is 11.2. The van der Waals surface area contributed by atoms with Gasteiger partial charge in [0.25, 0.3) is 0 Å². The summed E-state index contributed by atoms with van der Waals surface area (Å²) in [7, 11) is 0. The highest BCUT2D eigenvalue weighted by Gasteiger charge is 2.35. The van der Waals surface area contributed by atoms with Crippen molar-refractivity contribution in [3.63, 3.8) is 0 Å². The van der Waals surface area contributed by atoms with Gasteiger partial charge < -0.3 is 0 Å². The summed E-state index contributed by atoms with van der Waals surface area (Å²) in [4.78, 5) is 15.3. The molecule has 0 fully saturated rings. The Kier molecular flexibility index (Phi) is 8.51. The van der Waals surface area contributed by atoms with Crippen molar-refractivity contribution in [3.8, 4) is 79.9 Å². The first-order valence-corrected chi connectivity index (χ1v) is 17.6. The predicted octanol–water partition coefficient (Wildman–Crippen LogP) is 12.1. The number of hydrogen-bond donors (Lipinski definition) is 0. The summed E-state index contributed by atoms with van der Waals surface area (Å²) in [5, 5.41) is 0. The summed E-state index contributed by atoms with van der Waals surface area (Å²) in [6, 6.07) is 51.3. The lowest BCUT2D eigenvalue weighted by Crippen LogP contribution is -2.14. The van der Waals surface area contributed by atoms with E-state index in [0.717, 1.165) is 50.1 Å². The third kappa shape index (κ3) is 6.06. The Balaban J connectivity index is 1.29. The summed E-state index contributed by atoms with van der Waals surface area (Å²) in [5.41, 5.74) is 14.6. The van der Waals surface area contributed by atoms with Crippen LogP contribution in [0, 0.1) is 12.3 Å². The quantitative estimate of drug-likeness (QED) is 0.125. The van der Waals surface area contributed by atoms with Gasteiger partial charge in [-0.2, -0.15) is 0 Å². The van der Waals surface area contributed by atoms with Crippen molar-refractivity contribution in [2.24, 2.45) is 0 Å². The molecular formula is C49H37N3. The fourth-order valence-corrected chi connectivity index (χ4v) is 7.26. The molecule has 0 saturated carbocycles. The molecule has 0 atom stereocenters. The average molecular weight is 668 g/mol. The van der Waals surface area contributed by atoms with Crippen molar-refractivity contribution in [2.45, 2.75) is 26.2 Å². The monoisotopic (exact) mass is 667 g/mol. The average Bonchev–Trinajstić information content (AvgIpc) is 3.44. The molecule has 1 aromatic heterocycles. The summed E-state index contributed by atoms with van der Waals surface area (Å²) >= 11 is 0. The standard InChI is InChI=1S/C49H37N3/c1-5-7-16-33(6-2)35-23-25-37(26-24-35)47-50-46(36-19-12-9-13-20-36)51-48(52-47)41-30-39(34-17-10-8-11-18-34)29-40(31-41)38-27-28-43-42-21-14-15-22-44(42)49(3,4)45(43)32-38/h1,6-32H,2-4H3/b16-7-,33-6+. The molecule has 0 unspecified atom stereocenters. The molecule has 0 saturated heterocycles. The van der Waals surface area contributed by atoms with E-state index < -0.39 is 0 Å². The number of benzene rings is 6. The highest BCUT2D eigenvalue weighted by molar-refractivity contribution is 5.86. The van der Waals surface area contributed by atoms with Crippen LogP contribution in [0.4, 0.5) is 0 Å². The largest absolute Gasteiger partial charge is 0.208 e. The van der Waals surface area contributed by atoms with Gasteiger partial charge in [-0.25, -0.2) is 15.0 Å². The normalized spacial score (nSPS) is 13.1. The zero-order valence-corrected chi connectivity index (χ0v) is 29.5. The third-order valence-corrected chi connectivity index (χ3v) is 10.0. The Hall–Kier alpha value is -6.63. The number of fused-ring (bicyclic) bond motifs is 3. The Labute approximate surface area is 306 Å². The first kappa shape index (κ1) is 32.6. The maximum Gasteiger partial charge on any atom is 0.164 e. The molecule has 0 radical (unpaired) electrons. The maximum absolute atomic E-state index is 5.48. The minimum Gasteiger partial charge on any atom is -0.208 e. The van der Waals surface area contributed by atoms with Gasteiger partial charge >= 0.3 is 0 Å². The molecule has 0 N–H and O–H groups in total. The molecule has 0 bridgehead atoms. The topological polar surface area (TPSA) is 38.7 Å². The van der Waals surface area contributed by atoms with E-state index >= 15 is 0 Å². The van der Waals surface area contributed by atoms with E-state index in [9.17, 15) is 0 Å². The molecule has 0 spiro atoms. The van der Waals surface area contributed by atoms with Crippen LogP contribution in [0.1, 0.15) is 37.5 Å². The molecule has 0 amide bonds. The fraction of sp³-hybridized carbons (Fsp3) is 0.0816. The first-order chi connectivity index (χ1) is 25.4. The van der Waals surface area contributed by atoms with Crippen LogP contribution in [-0.2, 0) is 5.41 Å². The Morgan fingerprint density at radius 3 is 1.69 bits per heavy atom. The number of allylic oxidation sites excluding steroid dienone is 4. The van der Waals surface area contributed by atoms with Crippen LogP contribution in [0.3, 0.4) is 0 Å². The lowest BCUT2D eigenvalue weighted by atomic mass is 9.81. The molecule has 3 heteroatoms. The van der Waals surface area contributed by atoms with Crippen LogP contribution in [0.25, 0.3) is 73.1 Å². The molecule has 7 aromatic rings. The smallest absolute Gasteiger partial charge is 0.164 e.